The first-order chi connectivity index (χ1) is 11.6. The van der Waals surface area contributed by atoms with Gasteiger partial charge in [0.15, 0.2) is 5.76 Å². The van der Waals surface area contributed by atoms with Gasteiger partial charge in [-0.1, -0.05) is 25.1 Å². The van der Waals surface area contributed by atoms with Crippen molar-refractivity contribution in [3.63, 3.8) is 0 Å². The summed E-state index contributed by atoms with van der Waals surface area (Å²) in [4.78, 5) is 25.6. The fourth-order valence-corrected chi connectivity index (χ4v) is 2.58. The molecule has 0 N–H and O–H groups in total. The number of carbonyl (C=O) groups is 1. The Bertz CT molecular complexity index is 792. The SMILES string of the molecule is CCc1ccccc1OC1CN(C(=O)c2cc(=O)c(OC)co2)C1. The molecule has 0 bridgehead atoms. The van der Waals surface area contributed by atoms with Gasteiger partial charge in [-0.25, -0.2) is 0 Å². The van der Waals surface area contributed by atoms with Gasteiger partial charge in [0.05, 0.1) is 20.2 Å². The zero-order valence-corrected chi connectivity index (χ0v) is 13.7. The zero-order valence-electron chi connectivity index (χ0n) is 13.7. The minimum Gasteiger partial charge on any atom is -0.490 e. The fourth-order valence-electron chi connectivity index (χ4n) is 2.58. The topological polar surface area (TPSA) is 69.0 Å². The third-order valence-corrected chi connectivity index (χ3v) is 4.01. The van der Waals surface area contributed by atoms with E-state index >= 15 is 0 Å². The van der Waals surface area contributed by atoms with Gasteiger partial charge in [0.1, 0.15) is 18.1 Å². The number of nitrogens with zero attached hydrogens (tertiary/aromatic N) is 1. The summed E-state index contributed by atoms with van der Waals surface area (Å²) in [7, 11) is 1.37. The normalized spacial score (nSPS) is 14.2. The lowest BCUT2D eigenvalue weighted by Crippen LogP contribution is -2.56. The van der Waals surface area contributed by atoms with Crippen LogP contribution in [0.2, 0.25) is 0 Å². The summed E-state index contributed by atoms with van der Waals surface area (Å²) in [6.45, 7) is 3.00. The number of para-hydroxylation sites is 1. The smallest absolute Gasteiger partial charge is 0.289 e. The highest BCUT2D eigenvalue weighted by molar-refractivity contribution is 5.92. The van der Waals surface area contributed by atoms with Gasteiger partial charge in [-0.3, -0.25) is 9.59 Å². The van der Waals surface area contributed by atoms with Gasteiger partial charge < -0.3 is 18.8 Å². The highest BCUT2D eigenvalue weighted by Gasteiger charge is 2.34. The van der Waals surface area contributed by atoms with Crippen molar-refractivity contribution in [3.8, 4) is 11.5 Å². The van der Waals surface area contributed by atoms with E-state index in [2.05, 4.69) is 6.92 Å². The van der Waals surface area contributed by atoms with Crippen molar-refractivity contribution in [3.05, 3.63) is 58.1 Å². The molecule has 126 valence electrons. The Balaban J connectivity index is 1.61. The summed E-state index contributed by atoms with van der Waals surface area (Å²) in [5, 5.41) is 0. The highest BCUT2D eigenvalue weighted by Crippen LogP contribution is 2.23. The molecule has 1 fully saturated rings. The van der Waals surface area contributed by atoms with Crippen LogP contribution in [0.3, 0.4) is 0 Å². The molecule has 2 heterocycles. The Morgan fingerprint density at radius 2 is 2.04 bits per heavy atom. The largest absolute Gasteiger partial charge is 0.490 e. The molecule has 3 rings (SSSR count). The number of carbonyl (C=O) groups excluding carboxylic acids is 1. The molecule has 1 aromatic carbocycles. The van der Waals surface area contributed by atoms with Crippen LogP contribution < -0.4 is 14.9 Å². The van der Waals surface area contributed by atoms with E-state index < -0.39 is 0 Å². The van der Waals surface area contributed by atoms with Gasteiger partial charge in [0.2, 0.25) is 11.2 Å². The van der Waals surface area contributed by atoms with Crippen molar-refractivity contribution in [2.75, 3.05) is 20.2 Å². The molecule has 0 radical (unpaired) electrons. The fraction of sp³-hybridized carbons (Fsp3) is 0.333. The average Bonchev–Trinajstić information content (AvgIpc) is 2.57. The first kappa shape index (κ1) is 16.1. The number of benzene rings is 1. The van der Waals surface area contributed by atoms with Crippen molar-refractivity contribution in [2.24, 2.45) is 0 Å². The average molecular weight is 329 g/mol. The predicted octanol–water partition coefficient (Wildman–Crippen LogP) is 2.11. The van der Waals surface area contributed by atoms with Crippen LogP contribution in [0.25, 0.3) is 0 Å². The van der Waals surface area contributed by atoms with E-state index in [1.54, 1.807) is 4.90 Å². The molecule has 1 saturated heterocycles. The number of methoxy groups -OCH3 is 1. The summed E-state index contributed by atoms with van der Waals surface area (Å²) in [5.74, 6) is 0.618. The first-order valence-electron chi connectivity index (χ1n) is 7.83. The number of ether oxygens (including phenoxy) is 2. The molecule has 0 saturated carbocycles. The van der Waals surface area contributed by atoms with Crippen molar-refractivity contribution in [2.45, 2.75) is 19.4 Å². The molecule has 6 nitrogen and oxygen atoms in total. The quantitative estimate of drug-likeness (QED) is 0.840. The van der Waals surface area contributed by atoms with Crippen LogP contribution >= 0.6 is 0 Å². The van der Waals surface area contributed by atoms with Gasteiger partial charge in [0, 0.05) is 6.07 Å². The van der Waals surface area contributed by atoms with Crippen LogP contribution in [0.5, 0.6) is 11.5 Å². The van der Waals surface area contributed by atoms with Gasteiger partial charge in [0.25, 0.3) is 5.91 Å². The van der Waals surface area contributed by atoms with Crippen molar-refractivity contribution < 1.29 is 18.7 Å². The second kappa shape index (κ2) is 6.78. The molecular weight excluding hydrogens is 310 g/mol. The Morgan fingerprint density at radius 3 is 2.71 bits per heavy atom. The van der Waals surface area contributed by atoms with E-state index in [1.807, 2.05) is 24.3 Å². The van der Waals surface area contributed by atoms with Crippen LogP contribution in [0.15, 0.2) is 45.8 Å². The molecule has 0 aliphatic carbocycles. The minimum absolute atomic E-state index is 0.00760. The highest BCUT2D eigenvalue weighted by atomic mass is 16.5. The molecule has 1 aliphatic rings. The maximum Gasteiger partial charge on any atom is 0.289 e. The Labute approximate surface area is 139 Å². The lowest BCUT2D eigenvalue weighted by Gasteiger charge is -2.38. The number of aryl methyl sites for hydroxylation is 1. The van der Waals surface area contributed by atoms with Gasteiger partial charge >= 0.3 is 0 Å². The number of rotatable bonds is 5. The van der Waals surface area contributed by atoms with Crippen LogP contribution in [0.1, 0.15) is 23.0 Å². The van der Waals surface area contributed by atoms with Crippen LogP contribution in [0, 0.1) is 0 Å². The van der Waals surface area contributed by atoms with Crippen molar-refractivity contribution in [1.29, 1.82) is 0 Å². The summed E-state index contributed by atoms with van der Waals surface area (Å²) >= 11 is 0. The Morgan fingerprint density at radius 1 is 1.29 bits per heavy atom. The molecule has 1 aliphatic heterocycles. The summed E-state index contributed by atoms with van der Waals surface area (Å²) in [5.41, 5.74) is 0.765. The summed E-state index contributed by atoms with van der Waals surface area (Å²) in [6.07, 6.45) is 2.00. The number of hydrogen-bond donors (Lipinski definition) is 0. The zero-order chi connectivity index (χ0) is 17.1. The second-order valence-electron chi connectivity index (χ2n) is 5.59. The van der Waals surface area contributed by atoms with E-state index in [-0.39, 0.29) is 28.9 Å². The van der Waals surface area contributed by atoms with E-state index in [0.29, 0.717) is 13.1 Å². The number of amides is 1. The monoisotopic (exact) mass is 329 g/mol. The van der Waals surface area contributed by atoms with Crippen LogP contribution in [-0.4, -0.2) is 37.1 Å². The molecule has 1 amide bonds. The molecule has 1 aromatic heterocycles. The third-order valence-electron chi connectivity index (χ3n) is 4.01. The van der Waals surface area contributed by atoms with Crippen molar-refractivity contribution in [1.82, 2.24) is 4.90 Å². The predicted molar refractivity (Wildman–Crippen MR) is 87.7 cm³/mol. The number of hydrogen-bond acceptors (Lipinski definition) is 5. The van der Waals surface area contributed by atoms with E-state index in [4.69, 9.17) is 13.9 Å². The summed E-state index contributed by atoms with van der Waals surface area (Å²) < 4.78 is 16.0. The molecule has 6 heteroatoms. The maximum absolute atomic E-state index is 12.3. The lowest BCUT2D eigenvalue weighted by atomic mass is 10.1. The maximum atomic E-state index is 12.3. The lowest BCUT2D eigenvalue weighted by molar-refractivity contribution is 0.0150. The molecule has 0 unspecified atom stereocenters. The summed E-state index contributed by atoms with van der Waals surface area (Å²) in [6, 6.07) is 9.03. The van der Waals surface area contributed by atoms with Gasteiger partial charge in [-0.15, -0.1) is 0 Å². The van der Waals surface area contributed by atoms with E-state index in [0.717, 1.165) is 30.1 Å². The van der Waals surface area contributed by atoms with Gasteiger partial charge in [-0.2, -0.15) is 0 Å². The van der Waals surface area contributed by atoms with Gasteiger partial charge in [-0.05, 0) is 18.1 Å². The molecule has 0 atom stereocenters. The minimum atomic E-state index is -0.378. The molecule has 24 heavy (non-hydrogen) atoms. The molecule has 2 aromatic rings. The second-order valence-corrected chi connectivity index (χ2v) is 5.59. The van der Waals surface area contributed by atoms with Crippen molar-refractivity contribution >= 4 is 5.91 Å². The number of likely N-dealkylation sites (tertiary alicyclic amines) is 1. The Hall–Kier alpha value is -2.76. The first-order valence-corrected chi connectivity index (χ1v) is 7.83. The van der Waals surface area contributed by atoms with E-state index in [9.17, 15) is 9.59 Å². The Kier molecular flexibility index (Phi) is 4.55. The van der Waals surface area contributed by atoms with E-state index in [1.165, 1.54) is 7.11 Å². The molecular formula is C18H19NO5. The van der Waals surface area contributed by atoms with Crippen LogP contribution in [0.4, 0.5) is 0 Å². The van der Waals surface area contributed by atoms with Crippen LogP contribution in [-0.2, 0) is 6.42 Å². The standard InChI is InChI=1S/C18H19NO5/c1-3-12-6-4-5-7-15(12)24-13-9-19(10-13)18(21)16-8-14(20)17(22-2)11-23-16/h4-8,11,13H,3,9-10H2,1-2H3. The third kappa shape index (κ3) is 3.13. The molecule has 0 spiro atoms.